The molecular formula is C17H24N2. The van der Waals surface area contributed by atoms with Gasteiger partial charge in [-0.05, 0) is 68.6 Å². The van der Waals surface area contributed by atoms with Crippen LogP contribution in [0.2, 0.25) is 0 Å². The number of aryl methyl sites for hydroxylation is 3. The molecule has 0 saturated carbocycles. The van der Waals surface area contributed by atoms with Crippen molar-refractivity contribution in [2.75, 3.05) is 6.54 Å². The minimum absolute atomic E-state index is 0.933. The molecule has 0 unspecified atom stereocenters. The lowest BCUT2D eigenvalue weighted by atomic mass is 10.0. The molecule has 0 spiro atoms. The van der Waals surface area contributed by atoms with Crippen LogP contribution in [0.25, 0.3) is 10.9 Å². The van der Waals surface area contributed by atoms with Crippen molar-refractivity contribution in [1.29, 1.82) is 0 Å². The van der Waals surface area contributed by atoms with Gasteiger partial charge < -0.3 is 5.32 Å². The van der Waals surface area contributed by atoms with Gasteiger partial charge in [0.15, 0.2) is 0 Å². The first-order valence-corrected chi connectivity index (χ1v) is 7.20. The average molecular weight is 256 g/mol. The van der Waals surface area contributed by atoms with Crippen LogP contribution in [0, 0.1) is 20.8 Å². The largest absolute Gasteiger partial charge is 0.313 e. The number of aromatic nitrogens is 1. The third-order valence-corrected chi connectivity index (χ3v) is 3.66. The highest BCUT2D eigenvalue weighted by atomic mass is 14.8. The second-order valence-electron chi connectivity index (χ2n) is 5.41. The molecule has 0 saturated heterocycles. The van der Waals surface area contributed by atoms with Crippen molar-refractivity contribution in [3.63, 3.8) is 0 Å². The van der Waals surface area contributed by atoms with Gasteiger partial charge in [0.2, 0.25) is 0 Å². The predicted molar refractivity (Wildman–Crippen MR) is 82.6 cm³/mol. The molecule has 2 heteroatoms. The van der Waals surface area contributed by atoms with Gasteiger partial charge in [0.1, 0.15) is 0 Å². The van der Waals surface area contributed by atoms with Crippen LogP contribution in [-0.2, 0) is 6.54 Å². The summed E-state index contributed by atoms with van der Waals surface area (Å²) < 4.78 is 0. The van der Waals surface area contributed by atoms with Gasteiger partial charge in [0.25, 0.3) is 0 Å². The maximum absolute atomic E-state index is 4.65. The normalized spacial score (nSPS) is 11.2. The first-order chi connectivity index (χ1) is 9.11. The third kappa shape index (κ3) is 3.32. The minimum Gasteiger partial charge on any atom is -0.313 e. The molecule has 102 valence electrons. The van der Waals surface area contributed by atoms with Crippen molar-refractivity contribution in [2.24, 2.45) is 0 Å². The van der Waals surface area contributed by atoms with E-state index in [1.54, 1.807) is 0 Å². The second-order valence-corrected chi connectivity index (χ2v) is 5.41. The number of pyridine rings is 1. The van der Waals surface area contributed by atoms with Crippen LogP contribution in [-0.4, -0.2) is 11.5 Å². The summed E-state index contributed by atoms with van der Waals surface area (Å²) in [7, 11) is 0. The Morgan fingerprint density at radius 2 is 1.79 bits per heavy atom. The smallest absolute Gasteiger partial charge is 0.0711 e. The lowest BCUT2D eigenvalue weighted by Crippen LogP contribution is -2.15. The molecule has 1 N–H and O–H groups in total. The molecule has 1 heterocycles. The van der Waals surface area contributed by atoms with Crippen LogP contribution < -0.4 is 5.32 Å². The van der Waals surface area contributed by atoms with Crippen LogP contribution in [0.3, 0.4) is 0 Å². The summed E-state index contributed by atoms with van der Waals surface area (Å²) in [6.45, 7) is 10.6. The lowest BCUT2D eigenvalue weighted by Gasteiger charge is -2.11. The van der Waals surface area contributed by atoms with Crippen molar-refractivity contribution in [1.82, 2.24) is 10.3 Å². The summed E-state index contributed by atoms with van der Waals surface area (Å²) in [6.07, 6.45) is 2.47. The van der Waals surface area contributed by atoms with E-state index in [4.69, 9.17) is 0 Å². The molecule has 0 aliphatic carbocycles. The number of hydrogen-bond donors (Lipinski definition) is 1. The fourth-order valence-corrected chi connectivity index (χ4v) is 2.37. The molecule has 0 aliphatic heterocycles. The van der Waals surface area contributed by atoms with E-state index in [2.05, 4.69) is 56.2 Å². The Kier molecular flexibility index (Phi) is 4.54. The molecule has 19 heavy (non-hydrogen) atoms. The number of nitrogens with zero attached hydrogens (tertiary/aromatic N) is 1. The fourth-order valence-electron chi connectivity index (χ4n) is 2.37. The molecule has 0 fully saturated rings. The van der Waals surface area contributed by atoms with Crippen LogP contribution >= 0.6 is 0 Å². The number of unbranched alkanes of at least 4 members (excludes halogenated alkanes) is 1. The molecule has 2 rings (SSSR count). The van der Waals surface area contributed by atoms with E-state index in [1.807, 2.05) is 0 Å². The quantitative estimate of drug-likeness (QED) is 0.816. The highest BCUT2D eigenvalue weighted by Gasteiger charge is 2.06. The van der Waals surface area contributed by atoms with Crippen molar-refractivity contribution in [2.45, 2.75) is 47.1 Å². The molecule has 1 aromatic heterocycles. The van der Waals surface area contributed by atoms with Crippen LogP contribution in [0.1, 0.15) is 42.1 Å². The Bertz CT molecular complexity index is 573. The first kappa shape index (κ1) is 14.0. The maximum Gasteiger partial charge on any atom is 0.0711 e. The van der Waals surface area contributed by atoms with E-state index in [1.165, 1.54) is 34.9 Å². The van der Waals surface area contributed by atoms with Gasteiger partial charge in [-0.25, -0.2) is 0 Å². The molecular weight excluding hydrogens is 232 g/mol. The van der Waals surface area contributed by atoms with Gasteiger partial charge in [0.05, 0.1) is 5.52 Å². The molecule has 2 nitrogen and oxygen atoms in total. The molecule has 0 atom stereocenters. The van der Waals surface area contributed by atoms with E-state index >= 15 is 0 Å². The van der Waals surface area contributed by atoms with Gasteiger partial charge in [-0.3, -0.25) is 4.98 Å². The topological polar surface area (TPSA) is 24.9 Å². The van der Waals surface area contributed by atoms with Crippen molar-refractivity contribution >= 4 is 10.9 Å². The summed E-state index contributed by atoms with van der Waals surface area (Å²) in [4.78, 5) is 4.65. The van der Waals surface area contributed by atoms with Crippen LogP contribution in [0.15, 0.2) is 18.2 Å². The molecule has 1 aromatic carbocycles. The maximum atomic E-state index is 4.65. The Balaban J connectivity index is 2.33. The second kappa shape index (κ2) is 6.16. The Hall–Kier alpha value is -1.41. The Morgan fingerprint density at radius 3 is 2.53 bits per heavy atom. The molecule has 2 aromatic rings. The first-order valence-electron chi connectivity index (χ1n) is 7.20. The Morgan fingerprint density at radius 1 is 1.05 bits per heavy atom. The zero-order chi connectivity index (χ0) is 13.8. The number of nitrogens with one attached hydrogen (secondary N) is 1. The predicted octanol–water partition coefficient (Wildman–Crippen LogP) is 4.05. The number of rotatable bonds is 5. The molecule has 0 bridgehead atoms. The SMILES string of the molecule is CCCCNCc1cc(C)nc2cc(C)c(C)cc12. The van der Waals surface area contributed by atoms with Gasteiger partial charge in [0, 0.05) is 17.6 Å². The average Bonchev–Trinajstić information content (AvgIpc) is 2.36. The van der Waals surface area contributed by atoms with Gasteiger partial charge in [-0.15, -0.1) is 0 Å². The lowest BCUT2D eigenvalue weighted by molar-refractivity contribution is 0.643. The zero-order valence-electron chi connectivity index (χ0n) is 12.5. The Labute approximate surface area is 116 Å². The van der Waals surface area contributed by atoms with Gasteiger partial charge >= 0.3 is 0 Å². The standard InChI is InChI=1S/C17H24N2/c1-5-6-7-18-11-15-10-14(4)19-17-9-13(3)12(2)8-16(15)17/h8-10,18H,5-7,11H2,1-4H3. The van der Waals surface area contributed by atoms with E-state index in [0.717, 1.165) is 24.3 Å². The summed E-state index contributed by atoms with van der Waals surface area (Å²) in [5.41, 5.74) is 6.24. The van der Waals surface area contributed by atoms with Gasteiger partial charge in [-0.1, -0.05) is 13.3 Å². The van der Waals surface area contributed by atoms with Crippen molar-refractivity contribution in [3.8, 4) is 0 Å². The van der Waals surface area contributed by atoms with Crippen molar-refractivity contribution in [3.05, 3.63) is 40.6 Å². The number of fused-ring (bicyclic) bond motifs is 1. The fraction of sp³-hybridized carbons (Fsp3) is 0.471. The summed E-state index contributed by atoms with van der Waals surface area (Å²) in [6, 6.07) is 6.68. The van der Waals surface area contributed by atoms with E-state index < -0.39 is 0 Å². The van der Waals surface area contributed by atoms with Gasteiger partial charge in [-0.2, -0.15) is 0 Å². The third-order valence-electron chi connectivity index (χ3n) is 3.66. The summed E-state index contributed by atoms with van der Waals surface area (Å²) in [5.74, 6) is 0. The summed E-state index contributed by atoms with van der Waals surface area (Å²) in [5, 5.41) is 4.82. The highest BCUT2D eigenvalue weighted by molar-refractivity contribution is 5.84. The molecule has 0 aliphatic rings. The van der Waals surface area contributed by atoms with Crippen LogP contribution in [0.5, 0.6) is 0 Å². The van der Waals surface area contributed by atoms with E-state index in [9.17, 15) is 0 Å². The summed E-state index contributed by atoms with van der Waals surface area (Å²) >= 11 is 0. The monoisotopic (exact) mass is 256 g/mol. The highest BCUT2D eigenvalue weighted by Crippen LogP contribution is 2.22. The van der Waals surface area contributed by atoms with Crippen LogP contribution in [0.4, 0.5) is 0 Å². The number of benzene rings is 1. The zero-order valence-corrected chi connectivity index (χ0v) is 12.5. The molecule has 0 amide bonds. The minimum atomic E-state index is 0.933. The molecule has 0 radical (unpaired) electrons. The van der Waals surface area contributed by atoms with E-state index in [-0.39, 0.29) is 0 Å². The van der Waals surface area contributed by atoms with Crippen molar-refractivity contribution < 1.29 is 0 Å². The number of hydrogen-bond acceptors (Lipinski definition) is 2. The van der Waals surface area contributed by atoms with E-state index in [0.29, 0.717) is 0 Å².